The van der Waals surface area contributed by atoms with Gasteiger partial charge in [-0.25, -0.2) is 4.98 Å². The van der Waals surface area contributed by atoms with Gasteiger partial charge in [0.05, 0.1) is 10.9 Å². The standard InChI is InChI=1S/C18H21N5OS/c1-11(2)16-21-22-18(23(16)12-7-8-12)25-10-9-15-19-14-6-4-3-5-13(14)17(24)20-15/h3-6,11-12H,7-10H2,1-2H3,(H,19,20,24). The fourth-order valence-electron chi connectivity index (χ4n) is 2.95. The van der Waals surface area contributed by atoms with Gasteiger partial charge in [0.2, 0.25) is 0 Å². The zero-order valence-corrected chi connectivity index (χ0v) is 15.2. The Morgan fingerprint density at radius 2 is 2.08 bits per heavy atom. The van der Waals surface area contributed by atoms with Crippen LogP contribution in [0.5, 0.6) is 0 Å². The highest BCUT2D eigenvalue weighted by molar-refractivity contribution is 7.99. The van der Waals surface area contributed by atoms with Crippen molar-refractivity contribution in [2.75, 3.05) is 5.75 Å². The molecule has 0 spiro atoms. The SMILES string of the molecule is CC(C)c1nnc(SCCc2nc3ccccc3c(=O)[nH]2)n1C1CC1. The third-order valence-corrected chi connectivity index (χ3v) is 5.30. The zero-order valence-electron chi connectivity index (χ0n) is 14.4. The maximum atomic E-state index is 12.1. The Morgan fingerprint density at radius 1 is 1.28 bits per heavy atom. The van der Waals surface area contributed by atoms with Crippen molar-refractivity contribution in [3.63, 3.8) is 0 Å². The van der Waals surface area contributed by atoms with Crippen LogP contribution >= 0.6 is 11.8 Å². The van der Waals surface area contributed by atoms with E-state index >= 15 is 0 Å². The quantitative estimate of drug-likeness (QED) is 0.687. The predicted molar refractivity (Wildman–Crippen MR) is 99.2 cm³/mol. The molecule has 0 radical (unpaired) electrons. The molecule has 1 aliphatic rings. The average Bonchev–Trinajstić information content (AvgIpc) is 3.34. The Kier molecular flexibility index (Phi) is 4.33. The number of fused-ring (bicyclic) bond motifs is 1. The Bertz CT molecular complexity index is 957. The summed E-state index contributed by atoms with van der Waals surface area (Å²) in [5.74, 6) is 2.98. The molecule has 2 aromatic heterocycles. The molecular weight excluding hydrogens is 334 g/mol. The van der Waals surface area contributed by atoms with Gasteiger partial charge in [0.15, 0.2) is 5.16 Å². The number of aromatic amines is 1. The molecule has 130 valence electrons. The second kappa shape index (κ2) is 6.63. The highest BCUT2D eigenvalue weighted by Crippen LogP contribution is 2.40. The van der Waals surface area contributed by atoms with Gasteiger partial charge >= 0.3 is 0 Å². The molecule has 0 atom stereocenters. The van der Waals surface area contributed by atoms with E-state index in [-0.39, 0.29) is 5.56 Å². The van der Waals surface area contributed by atoms with Crippen molar-refractivity contribution in [2.24, 2.45) is 0 Å². The lowest BCUT2D eigenvalue weighted by Gasteiger charge is -2.10. The minimum atomic E-state index is -0.0751. The van der Waals surface area contributed by atoms with Crippen molar-refractivity contribution in [1.82, 2.24) is 24.7 Å². The molecule has 1 aliphatic carbocycles. The van der Waals surface area contributed by atoms with E-state index < -0.39 is 0 Å². The highest BCUT2D eigenvalue weighted by atomic mass is 32.2. The van der Waals surface area contributed by atoms with Crippen molar-refractivity contribution in [3.05, 3.63) is 46.3 Å². The number of aryl methyl sites for hydroxylation is 1. The van der Waals surface area contributed by atoms with Crippen LogP contribution in [0.3, 0.4) is 0 Å². The molecule has 0 amide bonds. The Hall–Kier alpha value is -2.15. The molecule has 0 saturated heterocycles. The van der Waals surface area contributed by atoms with Gasteiger partial charge in [-0.05, 0) is 25.0 Å². The minimum absolute atomic E-state index is 0.0751. The van der Waals surface area contributed by atoms with E-state index in [9.17, 15) is 4.79 Å². The van der Waals surface area contributed by atoms with Gasteiger partial charge in [-0.2, -0.15) is 0 Å². The van der Waals surface area contributed by atoms with Gasteiger partial charge < -0.3 is 9.55 Å². The van der Waals surface area contributed by atoms with Gasteiger partial charge in [-0.15, -0.1) is 10.2 Å². The Morgan fingerprint density at radius 3 is 2.84 bits per heavy atom. The molecule has 1 N–H and O–H groups in total. The fourth-order valence-corrected chi connectivity index (χ4v) is 3.91. The van der Waals surface area contributed by atoms with Crippen molar-refractivity contribution >= 4 is 22.7 Å². The number of hydrogen-bond donors (Lipinski definition) is 1. The van der Waals surface area contributed by atoms with Gasteiger partial charge in [-0.1, -0.05) is 37.7 Å². The van der Waals surface area contributed by atoms with Crippen LogP contribution in [0.1, 0.15) is 50.3 Å². The van der Waals surface area contributed by atoms with Crippen LogP contribution in [0.4, 0.5) is 0 Å². The first kappa shape index (κ1) is 16.3. The summed E-state index contributed by atoms with van der Waals surface area (Å²) >= 11 is 1.69. The van der Waals surface area contributed by atoms with Crippen LogP contribution in [0.2, 0.25) is 0 Å². The molecule has 1 aromatic carbocycles. The van der Waals surface area contributed by atoms with E-state index in [0.717, 1.165) is 28.1 Å². The third-order valence-electron chi connectivity index (χ3n) is 4.35. The number of aromatic nitrogens is 5. The largest absolute Gasteiger partial charge is 0.310 e. The number of hydrogen-bond acceptors (Lipinski definition) is 5. The smallest absolute Gasteiger partial charge is 0.258 e. The minimum Gasteiger partial charge on any atom is -0.310 e. The molecule has 25 heavy (non-hydrogen) atoms. The number of benzene rings is 1. The summed E-state index contributed by atoms with van der Waals surface area (Å²) in [7, 11) is 0. The molecule has 7 heteroatoms. The first-order valence-electron chi connectivity index (χ1n) is 8.69. The molecule has 0 bridgehead atoms. The lowest BCUT2D eigenvalue weighted by molar-refractivity contribution is 0.599. The van der Waals surface area contributed by atoms with Crippen LogP contribution in [0.25, 0.3) is 10.9 Å². The number of nitrogens with one attached hydrogen (secondary N) is 1. The monoisotopic (exact) mass is 355 g/mol. The van der Waals surface area contributed by atoms with Crippen molar-refractivity contribution in [3.8, 4) is 0 Å². The normalized spacial score (nSPS) is 14.5. The first-order chi connectivity index (χ1) is 12.1. The Balaban J connectivity index is 1.49. The predicted octanol–water partition coefficient (Wildman–Crippen LogP) is 3.31. The van der Waals surface area contributed by atoms with E-state index in [4.69, 9.17) is 0 Å². The van der Waals surface area contributed by atoms with Crippen molar-refractivity contribution < 1.29 is 0 Å². The van der Waals surface area contributed by atoms with E-state index in [1.807, 2.05) is 18.2 Å². The first-order valence-corrected chi connectivity index (χ1v) is 9.67. The summed E-state index contributed by atoms with van der Waals surface area (Å²) < 4.78 is 2.30. The number of H-pyrrole nitrogens is 1. The summed E-state index contributed by atoms with van der Waals surface area (Å²) in [6.07, 6.45) is 3.12. The van der Waals surface area contributed by atoms with E-state index in [1.165, 1.54) is 12.8 Å². The second-order valence-electron chi connectivity index (χ2n) is 6.72. The molecule has 1 saturated carbocycles. The molecule has 4 rings (SSSR count). The number of para-hydroxylation sites is 1. The number of rotatable bonds is 6. The van der Waals surface area contributed by atoms with Gasteiger partial charge in [0.1, 0.15) is 11.6 Å². The molecule has 0 aliphatic heterocycles. The van der Waals surface area contributed by atoms with Gasteiger partial charge in [0, 0.05) is 24.1 Å². The lowest BCUT2D eigenvalue weighted by Crippen LogP contribution is -2.12. The van der Waals surface area contributed by atoms with Crippen LogP contribution in [0, 0.1) is 0 Å². The topological polar surface area (TPSA) is 76.5 Å². The molecule has 0 unspecified atom stereocenters. The second-order valence-corrected chi connectivity index (χ2v) is 7.79. The Labute approximate surface area is 150 Å². The lowest BCUT2D eigenvalue weighted by atomic mass is 10.2. The van der Waals surface area contributed by atoms with Gasteiger partial charge in [-0.3, -0.25) is 4.79 Å². The third kappa shape index (κ3) is 3.33. The molecule has 2 heterocycles. The van der Waals surface area contributed by atoms with Crippen molar-refractivity contribution in [2.45, 2.75) is 50.2 Å². The van der Waals surface area contributed by atoms with Crippen LogP contribution in [-0.2, 0) is 6.42 Å². The highest BCUT2D eigenvalue weighted by Gasteiger charge is 2.30. The summed E-state index contributed by atoms with van der Waals surface area (Å²) in [4.78, 5) is 19.6. The zero-order chi connectivity index (χ0) is 17.4. The summed E-state index contributed by atoms with van der Waals surface area (Å²) in [5.41, 5.74) is 0.670. The number of nitrogens with zero attached hydrogens (tertiary/aromatic N) is 4. The molecule has 1 fully saturated rings. The molecular formula is C18H21N5OS. The van der Waals surface area contributed by atoms with Crippen LogP contribution in [-0.4, -0.2) is 30.5 Å². The van der Waals surface area contributed by atoms with Crippen LogP contribution in [0.15, 0.2) is 34.2 Å². The number of thioether (sulfide) groups is 1. The van der Waals surface area contributed by atoms with E-state index in [1.54, 1.807) is 17.8 Å². The van der Waals surface area contributed by atoms with Gasteiger partial charge in [0.25, 0.3) is 5.56 Å². The average molecular weight is 355 g/mol. The van der Waals surface area contributed by atoms with Crippen LogP contribution < -0.4 is 5.56 Å². The van der Waals surface area contributed by atoms with E-state index in [0.29, 0.717) is 23.8 Å². The molecule has 6 nitrogen and oxygen atoms in total. The van der Waals surface area contributed by atoms with E-state index in [2.05, 4.69) is 38.6 Å². The summed E-state index contributed by atoms with van der Waals surface area (Å²) in [6.45, 7) is 4.31. The van der Waals surface area contributed by atoms with Crippen molar-refractivity contribution in [1.29, 1.82) is 0 Å². The summed E-state index contributed by atoms with van der Waals surface area (Å²) in [6, 6.07) is 7.99. The fraction of sp³-hybridized carbons (Fsp3) is 0.444. The maximum absolute atomic E-state index is 12.1. The summed E-state index contributed by atoms with van der Waals surface area (Å²) in [5, 5.41) is 10.4. The maximum Gasteiger partial charge on any atom is 0.258 e. The molecule has 3 aromatic rings.